The molecule has 0 saturated heterocycles. The summed E-state index contributed by atoms with van der Waals surface area (Å²) in [5.41, 5.74) is 3.66. The minimum atomic E-state index is -0.135. The standard InChI is InChI=1S/C24H29N3O4/c1-26(24(28)19-13-14-21(29-3)23(31-5)22(19)30-4)15-9-12-18-16-20(27(2)25-18)17-10-7-6-8-11-17/h6-8,10-11,13-14,16H,9,12,15H2,1-5H3. The molecule has 2 aromatic carbocycles. The van der Waals surface area contributed by atoms with Crippen molar-refractivity contribution in [2.45, 2.75) is 12.8 Å². The maximum absolute atomic E-state index is 13.0. The Labute approximate surface area is 183 Å². The van der Waals surface area contributed by atoms with E-state index in [1.807, 2.05) is 29.9 Å². The van der Waals surface area contributed by atoms with Crippen molar-refractivity contribution in [3.63, 3.8) is 0 Å². The lowest BCUT2D eigenvalue weighted by Crippen LogP contribution is -2.28. The van der Waals surface area contributed by atoms with E-state index in [0.717, 1.165) is 29.8 Å². The minimum Gasteiger partial charge on any atom is -0.493 e. The number of benzene rings is 2. The first-order chi connectivity index (χ1) is 15.0. The van der Waals surface area contributed by atoms with Crippen molar-refractivity contribution in [3.8, 4) is 28.5 Å². The third-order valence-electron chi connectivity index (χ3n) is 5.21. The quantitative estimate of drug-likeness (QED) is 0.524. The van der Waals surface area contributed by atoms with Crippen LogP contribution in [-0.4, -0.2) is 55.5 Å². The first-order valence-corrected chi connectivity index (χ1v) is 10.1. The zero-order valence-corrected chi connectivity index (χ0v) is 18.7. The molecule has 1 aromatic heterocycles. The first kappa shape index (κ1) is 22.2. The van der Waals surface area contributed by atoms with Crippen LogP contribution in [0.1, 0.15) is 22.5 Å². The summed E-state index contributed by atoms with van der Waals surface area (Å²) in [6, 6.07) is 15.7. The maximum Gasteiger partial charge on any atom is 0.257 e. The number of ether oxygens (including phenoxy) is 3. The molecule has 1 heterocycles. The summed E-state index contributed by atoms with van der Waals surface area (Å²) < 4.78 is 18.0. The number of hydrogen-bond acceptors (Lipinski definition) is 5. The number of rotatable bonds is 9. The van der Waals surface area contributed by atoms with Crippen LogP contribution in [-0.2, 0) is 13.5 Å². The molecule has 0 unspecified atom stereocenters. The summed E-state index contributed by atoms with van der Waals surface area (Å²) in [5, 5.41) is 4.62. The number of methoxy groups -OCH3 is 3. The molecule has 7 nitrogen and oxygen atoms in total. The normalized spacial score (nSPS) is 10.6. The SMILES string of the molecule is COc1ccc(C(=O)N(C)CCCc2cc(-c3ccccc3)n(C)n2)c(OC)c1OC. The summed E-state index contributed by atoms with van der Waals surface area (Å²) in [6.45, 7) is 0.591. The zero-order chi connectivity index (χ0) is 22.4. The van der Waals surface area contributed by atoms with Gasteiger partial charge in [0.2, 0.25) is 5.75 Å². The van der Waals surface area contributed by atoms with Gasteiger partial charge >= 0.3 is 0 Å². The monoisotopic (exact) mass is 423 g/mol. The predicted octanol–water partition coefficient (Wildman–Crippen LogP) is 3.82. The van der Waals surface area contributed by atoms with Gasteiger partial charge in [-0.05, 0) is 36.6 Å². The highest BCUT2D eigenvalue weighted by Crippen LogP contribution is 2.40. The first-order valence-electron chi connectivity index (χ1n) is 10.1. The molecule has 0 aliphatic rings. The van der Waals surface area contributed by atoms with Crippen molar-refractivity contribution in [3.05, 3.63) is 59.8 Å². The maximum atomic E-state index is 13.0. The van der Waals surface area contributed by atoms with Crippen molar-refractivity contribution in [2.24, 2.45) is 7.05 Å². The molecule has 0 bridgehead atoms. The lowest BCUT2D eigenvalue weighted by molar-refractivity contribution is 0.0789. The van der Waals surface area contributed by atoms with Gasteiger partial charge in [-0.1, -0.05) is 30.3 Å². The largest absolute Gasteiger partial charge is 0.493 e. The van der Waals surface area contributed by atoms with Gasteiger partial charge in [0.1, 0.15) is 0 Å². The van der Waals surface area contributed by atoms with Crippen LogP contribution in [0.25, 0.3) is 11.3 Å². The number of aromatic nitrogens is 2. The summed E-state index contributed by atoms with van der Waals surface area (Å²) in [4.78, 5) is 14.7. The molecule has 0 spiro atoms. The van der Waals surface area contributed by atoms with Crippen LogP contribution in [0, 0.1) is 0 Å². The Bertz CT molecular complexity index is 1030. The zero-order valence-electron chi connectivity index (χ0n) is 18.7. The van der Waals surface area contributed by atoms with Crippen LogP contribution in [0.4, 0.5) is 0 Å². The van der Waals surface area contributed by atoms with Crippen molar-refractivity contribution < 1.29 is 19.0 Å². The Morgan fingerprint density at radius 2 is 1.71 bits per heavy atom. The number of aryl methyl sites for hydroxylation is 2. The van der Waals surface area contributed by atoms with E-state index >= 15 is 0 Å². The fraction of sp³-hybridized carbons (Fsp3) is 0.333. The van der Waals surface area contributed by atoms with Crippen molar-refractivity contribution in [1.29, 1.82) is 0 Å². The molecular weight excluding hydrogens is 394 g/mol. The Kier molecular flexibility index (Phi) is 7.18. The fourth-order valence-corrected chi connectivity index (χ4v) is 3.60. The van der Waals surface area contributed by atoms with Gasteiger partial charge in [0.15, 0.2) is 11.5 Å². The topological polar surface area (TPSA) is 65.8 Å². The second-order valence-corrected chi connectivity index (χ2v) is 7.22. The Morgan fingerprint density at radius 1 is 1.00 bits per heavy atom. The van der Waals surface area contributed by atoms with Gasteiger partial charge in [-0.25, -0.2) is 0 Å². The van der Waals surface area contributed by atoms with Crippen LogP contribution in [0.2, 0.25) is 0 Å². The van der Waals surface area contributed by atoms with Gasteiger partial charge in [0.05, 0.1) is 38.3 Å². The van der Waals surface area contributed by atoms with Crippen LogP contribution >= 0.6 is 0 Å². The molecule has 7 heteroatoms. The van der Waals surface area contributed by atoms with E-state index < -0.39 is 0 Å². The number of hydrogen-bond donors (Lipinski definition) is 0. The molecule has 3 rings (SSSR count). The Balaban J connectivity index is 1.65. The molecule has 1 amide bonds. The van der Waals surface area contributed by atoms with Gasteiger partial charge in [0, 0.05) is 20.6 Å². The third-order valence-corrected chi connectivity index (χ3v) is 5.21. The highest BCUT2D eigenvalue weighted by atomic mass is 16.5. The summed E-state index contributed by atoms with van der Waals surface area (Å²) >= 11 is 0. The molecular formula is C24H29N3O4. The molecule has 0 aliphatic carbocycles. The molecule has 0 saturated carbocycles. The minimum absolute atomic E-state index is 0.135. The summed E-state index contributed by atoms with van der Waals surface area (Å²) in [7, 11) is 8.32. The highest BCUT2D eigenvalue weighted by molar-refractivity contribution is 5.98. The molecule has 0 atom stereocenters. The summed E-state index contributed by atoms with van der Waals surface area (Å²) in [5.74, 6) is 1.16. The second kappa shape index (κ2) is 10.0. The van der Waals surface area contributed by atoms with Gasteiger partial charge < -0.3 is 19.1 Å². The van der Waals surface area contributed by atoms with Crippen molar-refractivity contribution in [2.75, 3.05) is 34.9 Å². The van der Waals surface area contributed by atoms with Gasteiger partial charge in [-0.2, -0.15) is 5.10 Å². The van der Waals surface area contributed by atoms with E-state index in [4.69, 9.17) is 14.2 Å². The number of carbonyl (C=O) groups is 1. The molecule has 0 aliphatic heterocycles. The lowest BCUT2D eigenvalue weighted by Gasteiger charge is -2.20. The van der Waals surface area contributed by atoms with E-state index in [0.29, 0.717) is 29.4 Å². The molecule has 0 radical (unpaired) electrons. The van der Waals surface area contributed by atoms with Gasteiger partial charge in [-0.15, -0.1) is 0 Å². The molecule has 3 aromatic rings. The average molecular weight is 424 g/mol. The number of nitrogens with zero attached hydrogens (tertiary/aromatic N) is 3. The van der Waals surface area contributed by atoms with Crippen LogP contribution in [0.15, 0.2) is 48.5 Å². The highest BCUT2D eigenvalue weighted by Gasteiger charge is 2.23. The van der Waals surface area contributed by atoms with Crippen LogP contribution in [0.3, 0.4) is 0 Å². The molecule has 31 heavy (non-hydrogen) atoms. The number of carbonyl (C=O) groups excluding carboxylic acids is 1. The smallest absolute Gasteiger partial charge is 0.257 e. The molecule has 0 N–H and O–H groups in total. The van der Waals surface area contributed by atoms with Crippen molar-refractivity contribution in [1.82, 2.24) is 14.7 Å². The van der Waals surface area contributed by atoms with Crippen molar-refractivity contribution >= 4 is 5.91 Å². The summed E-state index contributed by atoms with van der Waals surface area (Å²) in [6.07, 6.45) is 1.57. The number of amides is 1. The van der Waals surface area contributed by atoms with E-state index in [2.05, 4.69) is 23.3 Å². The fourth-order valence-electron chi connectivity index (χ4n) is 3.60. The molecule has 164 valence electrons. The lowest BCUT2D eigenvalue weighted by atomic mass is 10.1. The van der Waals surface area contributed by atoms with E-state index in [1.165, 1.54) is 14.2 Å². The Morgan fingerprint density at radius 3 is 2.35 bits per heavy atom. The van der Waals surface area contributed by atoms with Crippen LogP contribution < -0.4 is 14.2 Å². The van der Waals surface area contributed by atoms with Crippen LogP contribution in [0.5, 0.6) is 17.2 Å². The van der Waals surface area contributed by atoms with E-state index in [9.17, 15) is 4.79 Å². The molecule has 0 fully saturated rings. The Hall–Kier alpha value is -3.48. The predicted molar refractivity (Wildman–Crippen MR) is 120 cm³/mol. The second-order valence-electron chi connectivity index (χ2n) is 7.22. The third kappa shape index (κ3) is 4.82. The van der Waals surface area contributed by atoms with E-state index in [1.54, 1.807) is 31.2 Å². The average Bonchev–Trinajstić information content (AvgIpc) is 3.18. The van der Waals surface area contributed by atoms with Gasteiger partial charge in [-0.3, -0.25) is 9.48 Å². The van der Waals surface area contributed by atoms with E-state index in [-0.39, 0.29) is 5.91 Å². The van der Waals surface area contributed by atoms with Gasteiger partial charge in [0.25, 0.3) is 5.91 Å².